The number of carbonyl (C=O) groups excluding carboxylic acids is 1. The van der Waals surface area contributed by atoms with E-state index in [4.69, 9.17) is 9.52 Å². The molecular formula is C14H13NO5. The lowest BCUT2D eigenvalue weighted by atomic mass is 10.1. The summed E-state index contributed by atoms with van der Waals surface area (Å²) in [5.74, 6) is -1.90. The molecule has 1 atom stereocenters. The molecule has 6 heteroatoms. The SMILES string of the molecule is CC[C@@H](NC(=O)c1cc2ccccc2oc1=O)C(=O)O. The van der Waals surface area contributed by atoms with Crippen LogP contribution in [0.5, 0.6) is 0 Å². The van der Waals surface area contributed by atoms with Crippen LogP contribution in [-0.2, 0) is 4.79 Å². The summed E-state index contributed by atoms with van der Waals surface area (Å²) >= 11 is 0. The Kier molecular flexibility index (Phi) is 3.84. The van der Waals surface area contributed by atoms with Gasteiger partial charge in [0.1, 0.15) is 17.2 Å². The summed E-state index contributed by atoms with van der Waals surface area (Å²) < 4.78 is 5.03. The van der Waals surface area contributed by atoms with E-state index in [1.54, 1.807) is 31.2 Å². The number of hydrogen-bond donors (Lipinski definition) is 2. The van der Waals surface area contributed by atoms with Gasteiger partial charge < -0.3 is 14.8 Å². The molecule has 2 aromatic rings. The van der Waals surface area contributed by atoms with Crippen LogP contribution in [0.15, 0.2) is 39.5 Å². The zero-order valence-corrected chi connectivity index (χ0v) is 10.8. The van der Waals surface area contributed by atoms with E-state index in [1.807, 2.05) is 0 Å². The van der Waals surface area contributed by atoms with Crippen LogP contribution in [0.1, 0.15) is 23.7 Å². The minimum Gasteiger partial charge on any atom is -0.480 e. The predicted molar refractivity (Wildman–Crippen MR) is 71.7 cm³/mol. The minimum atomic E-state index is -1.15. The van der Waals surface area contributed by atoms with Crippen molar-refractivity contribution in [3.05, 3.63) is 46.3 Å². The summed E-state index contributed by atoms with van der Waals surface area (Å²) in [7, 11) is 0. The summed E-state index contributed by atoms with van der Waals surface area (Å²) in [6, 6.07) is 7.13. The maximum absolute atomic E-state index is 11.9. The highest BCUT2D eigenvalue weighted by atomic mass is 16.4. The molecule has 104 valence electrons. The topological polar surface area (TPSA) is 96.6 Å². The Balaban J connectivity index is 2.37. The Labute approximate surface area is 114 Å². The number of amides is 1. The molecule has 2 N–H and O–H groups in total. The van der Waals surface area contributed by atoms with Crippen LogP contribution < -0.4 is 10.9 Å². The van der Waals surface area contributed by atoms with Crippen LogP contribution in [0, 0.1) is 0 Å². The highest BCUT2D eigenvalue weighted by molar-refractivity contribution is 5.98. The second-order valence-electron chi connectivity index (χ2n) is 4.26. The third kappa shape index (κ3) is 2.69. The van der Waals surface area contributed by atoms with E-state index in [0.29, 0.717) is 11.0 Å². The van der Waals surface area contributed by atoms with Gasteiger partial charge in [0, 0.05) is 5.39 Å². The molecule has 0 bridgehead atoms. The van der Waals surface area contributed by atoms with E-state index >= 15 is 0 Å². The fourth-order valence-electron chi connectivity index (χ4n) is 1.79. The number of aliphatic carboxylic acids is 1. The van der Waals surface area contributed by atoms with Gasteiger partial charge in [-0.25, -0.2) is 9.59 Å². The van der Waals surface area contributed by atoms with Gasteiger partial charge in [-0.2, -0.15) is 0 Å². The minimum absolute atomic E-state index is 0.205. The molecule has 1 heterocycles. The Morgan fingerprint density at radius 1 is 1.35 bits per heavy atom. The molecule has 0 radical (unpaired) electrons. The monoisotopic (exact) mass is 275 g/mol. The number of carbonyl (C=O) groups is 2. The van der Waals surface area contributed by atoms with Crippen molar-refractivity contribution >= 4 is 22.8 Å². The normalized spacial score (nSPS) is 12.1. The summed E-state index contributed by atoms with van der Waals surface area (Å²) in [5.41, 5.74) is -0.621. The fraction of sp³-hybridized carbons (Fsp3) is 0.214. The van der Waals surface area contributed by atoms with Crippen molar-refractivity contribution in [3.63, 3.8) is 0 Å². The highest BCUT2D eigenvalue weighted by Gasteiger charge is 2.21. The first kappa shape index (κ1) is 13.8. The van der Waals surface area contributed by atoms with Crippen LogP contribution in [-0.4, -0.2) is 23.0 Å². The second-order valence-corrected chi connectivity index (χ2v) is 4.26. The van der Waals surface area contributed by atoms with Crippen LogP contribution in [0.2, 0.25) is 0 Å². The zero-order valence-electron chi connectivity index (χ0n) is 10.8. The van der Waals surface area contributed by atoms with Crippen molar-refractivity contribution in [3.8, 4) is 0 Å². The molecule has 20 heavy (non-hydrogen) atoms. The molecule has 0 aliphatic carbocycles. The van der Waals surface area contributed by atoms with Crippen molar-refractivity contribution in [2.24, 2.45) is 0 Å². The maximum Gasteiger partial charge on any atom is 0.349 e. The maximum atomic E-state index is 11.9. The second kappa shape index (κ2) is 5.56. The van der Waals surface area contributed by atoms with Crippen LogP contribution in [0.25, 0.3) is 11.0 Å². The largest absolute Gasteiger partial charge is 0.480 e. The van der Waals surface area contributed by atoms with Gasteiger partial charge in [-0.05, 0) is 18.6 Å². The van der Waals surface area contributed by atoms with Crippen LogP contribution >= 0.6 is 0 Å². The molecule has 0 saturated carbocycles. The Hall–Kier alpha value is -2.63. The van der Waals surface area contributed by atoms with Crippen molar-refractivity contribution in [1.29, 1.82) is 0 Å². The lowest BCUT2D eigenvalue weighted by Gasteiger charge is -2.11. The van der Waals surface area contributed by atoms with Gasteiger partial charge in [0.2, 0.25) is 0 Å². The number of carboxylic acids is 1. The Bertz CT molecular complexity index is 719. The molecule has 0 saturated heterocycles. The molecular weight excluding hydrogens is 262 g/mol. The molecule has 0 unspecified atom stereocenters. The Morgan fingerprint density at radius 3 is 2.70 bits per heavy atom. The van der Waals surface area contributed by atoms with Gasteiger partial charge >= 0.3 is 11.6 Å². The Morgan fingerprint density at radius 2 is 2.05 bits per heavy atom. The molecule has 0 aliphatic rings. The first-order chi connectivity index (χ1) is 9.52. The van der Waals surface area contributed by atoms with Crippen molar-refractivity contribution in [1.82, 2.24) is 5.32 Å². The number of fused-ring (bicyclic) bond motifs is 1. The van der Waals surface area contributed by atoms with E-state index in [9.17, 15) is 14.4 Å². The third-order valence-corrected chi connectivity index (χ3v) is 2.90. The lowest BCUT2D eigenvalue weighted by molar-refractivity contribution is -0.139. The zero-order chi connectivity index (χ0) is 14.7. The molecule has 0 spiro atoms. The molecule has 0 fully saturated rings. The van der Waals surface area contributed by atoms with E-state index < -0.39 is 23.5 Å². The number of hydrogen-bond acceptors (Lipinski definition) is 4. The molecule has 6 nitrogen and oxygen atoms in total. The number of nitrogens with one attached hydrogen (secondary N) is 1. The molecule has 1 aromatic carbocycles. The van der Waals surface area contributed by atoms with E-state index in [1.165, 1.54) is 6.07 Å². The first-order valence-electron chi connectivity index (χ1n) is 6.09. The number of carboxylic acid groups (broad SMARTS) is 1. The third-order valence-electron chi connectivity index (χ3n) is 2.90. The van der Waals surface area contributed by atoms with Gasteiger partial charge in [-0.15, -0.1) is 0 Å². The van der Waals surface area contributed by atoms with E-state index in [-0.39, 0.29) is 12.0 Å². The quantitative estimate of drug-likeness (QED) is 0.822. The van der Waals surface area contributed by atoms with Gasteiger partial charge in [-0.1, -0.05) is 25.1 Å². The van der Waals surface area contributed by atoms with Crippen molar-refractivity contribution in [2.45, 2.75) is 19.4 Å². The first-order valence-corrected chi connectivity index (χ1v) is 6.09. The summed E-state index contributed by atoms with van der Waals surface area (Å²) in [4.78, 5) is 34.6. The molecule has 1 aromatic heterocycles. The van der Waals surface area contributed by atoms with Gasteiger partial charge in [0.15, 0.2) is 0 Å². The van der Waals surface area contributed by atoms with Crippen LogP contribution in [0.4, 0.5) is 0 Å². The van der Waals surface area contributed by atoms with Gasteiger partial charge in [0.05, 0.1) is 0 Å². The average molecular weight is 275 g/mol. The van der Waals surface area contributed by atoms with E-state index in [0.717, 1.165) is 0 Å². The summed E-state index contributed by atoms with van der Waals surface area (Å²) in [6.07, 6.45) is 0.222. The number of para-hydroxylation sites is 1. The number of rotatable bonds is 4. The van der Waals surface area contributed by atoms with Gasteiger partial charge in [0.25, 0.3) is 5.91 Å². The van der Waals surface area contributed by atoms with E-state index in [2.05, 4.69) is 5.32 Å². The summed E-state index contributed by atoms with van der Waals surface area (Å²) in [6.45, 7) is 1.63. The predicted octanol–water partition coefficient (Wildman–Crippen LogP) is 1.39. The highest BCUT2D eigenvalue weighted by Crippen LogP contribution is 2.12. The van der Waals surface area contributed by atoms with Crippen LogP contribution in [0.3, 0.4) is 0 Å². The molecule has 1 amide bonds. The average Bonchev–Trinajstić information content (AvgIpc) is 2.43. The van der Waals surface area contributed by atoms with Crippen molar-refractivity contribution < 1.29 is 19.1 Å². The lowest BCUT2D eigenvalue weighted by Crippen LogP contribution is -2.41. The number of benzene rings is 1. The smallest absolute Gasteiger partial charge is 0.349 e. The molecule has 2 rings (SSSR count). The van der Waals surface area contributed by atoms with Crippen molar-refractivity contribution in [2.75, 3.05) is 0 Å². The van der Waals surface area contributed by atoms with Gasteiger partial charge in [-0.3, -0.25) is 4.79 Å². The fourth-order valence-corrected chi connectivity index (χ4v) is 1.79. The standard InChI is InChI=1S/C14H13NO5/c1-2-10(13(17)18)15-12(16)9-7-8-5-3-4-6-11(8)20-14(9)19/h3-7,10H,2H2,1H3,(H,15,16)(H,17,18)/t10-/m1/s1. The molecule has 0 aliphatic heterocycles. The summed E-state index contributed by atoms with van der Waals surface area (Å²) in [5, 5.41) is 11.8.